The number of benzene rings is 1. The summed E-state index contributed by atoms with van der Waals surface area (Å²) in [6.45, 7) is 6.79. The molecule has 0 heterocycles. The monoisotopic (exact) mass is 376 g/mol. The van der Waals surface area contributed by atoms with E-state index in [0.29, 0.717) is 23.0 Å². The zero-order chi connectivity index (χ0) is 19.2. The Morgan fingerprint density at radius 3 is 2.38 bits per heavy atom. The molecule has 26 heavy (non-hydrogen) atoms. The van der Waals surface area contributed by atoms with Crippen LogP contribution in [-0.4, -0.2) is 29.9 Å². The maximum atomic E-state index is 12.0. The van der Waals surface area contributed by atoms with Crippen molar-refractivity contribution in [2.45, 2.75) is 32.4 Å². The van der Waals surface area contributed by atoms with Crippen molar-refractivity contribution in [1.82, 2.24) is 5.32 Å². The third-order valence-electron chi connectivity index (χ3n) is 3.51. The van der Waals surface area contributed by atoms with E-state index in [4.69, 9.17) is 16.3 Å². The molecule has 2 aromatic carbocycles. The first-order valence-electron chi connectivity index (χ1n) is 8.46. The van der Waals surface area contributed by atoms with E-state index in [0.717, 1.165) is 5.69 Å². The zero-order valence-electron chi connectivity index (χ0n) is 15.3. The van der Waals surface area contributed by atoms with Gasteiger partial charge in [0, 0.05) is 22.8 Å². The van der Waals surface area contributed by atoms with Gasteiger partial charge in [0.25, 0.3) is 0 Å². The third-order valence-corrected chi connectivity index (χ3v) is 3.76. The lowest BCUT2D eigenvalue weighted by Gasteiger charge is -2.23. The number of aliphatic hydroxyl groups excluding tert-OH is 1. The molecule has 1 unspecified atom stereocenters. The van der Waals surface area contributed by atoms with Gasteiger partial charge < -0.3 is 20.5 Å². The largest absolute Gasteiger partial charge is 0.491 e. The van der Waals surface area contributed by atoms with Crippen LogP contribution in [0.5, 0.6) is 5.75 Å². The van der Waals surface area contributed by atoms with Crippen LogP contribution < -0.4 is 20.8 Å². The SMILES string of the molecule is CC(C)(C)NCC(O)COc1ccc(Nc2ccc(Cl)ccc2=O)cc1. The van der Waals surface area contributed by atoms with Crippen LogP contribution in [0.25, 0.3) is 0 Å². The summed E-state index contributed by atoms with van der Waals surface area (Å²) in [4.78, 5) is 12.0. The van der Waals surface area contributed by atoms with Crippen LogP contribution >= 0.6 is 11.6 Å². The molecule has 0 fully saturated rings. The molecule has 0 aliphatic heterocycles. The predicted molar refractivity (Wildman–Crippen MR) is 107 cm³/mol. The number of nitrogens with one attached hydrogen (secondary N) is 2. The first-order chi connectivity index (χ1) is 12.2. The molecule has 6 heteroatoms. The minimum absolute atomic E-state index is 0.0486. The van der Waals surface area contributed by atoms with Crippen molar-refractivity contribution in [3.8, 4) is 5.75 Å². The number of aliphatic hydroxyl groups is 1. The molecule has 3 N–H and O–H groups in total. The molecule has 2 aromatic rings. The number of ether oxygens (including phenoxy) is 1. The Morgan fingerprint density at radius 2 is 1.73 bits per heavy atom. The zero-order valence-corrected chi connectivity index (χ0v) is 16.0. The van der Waals surface area contributed by atoms with E-state index in [1.807, 2.05) is 32.9 Å². The van der Waals surface area contributed by atoms with E-state index in [2.05, 4.69) is 10.6 Å². The van der Waals surface area contributed by atoms with Gasteiger partial charge in [-0.1, -0.05) is 11.6 Å². The first kappa shape index (κ1) is 20.2. The van der Waals surface area contributed by atoms with Crippen molar-refractivity contribution in [3.63, 3.8) is 0 Å². The van der Waals surface area contributed by atoms with Crippen molar-refractivity contribution in [2.24, 2.45) is 0 Å². The summed E-state index contributed by atoms with van der Waals surface area (Å²) in [5.74, 6) is 0.648. The summed E-state index contributed by atoms with van der Waals surface area (Å²) in [6, 6.07) is 13.5. The second kappa shape index (κ2) is 9.03. The van der Waals surface area contributed by atoms with Crippen LogP contribution in [0.2, 0.25) is 5.02 Å². The number of rotatable bonds is 7. The second-order valence-electron chi connectivity index (χ2n) is 7.07. The van der Waals surface area contributed by atoms with Gasteiger partial charge in [-0.2, -0.15) is 0 Å². The van der Waals surface area contributed by atoms with E-state index < -0.39 is 6.10 Å². The molecular formula is C20H25ClN2O3. The van der Waals surface area contributed by atoms with Gasteiger partial charge in [0.15, 0.2) is 0 Å². The molecule has 2 rings (SSSR count). The van der Waals surface area contributed by atoms with Crippen molar-refractivity contribution in [3.05, 3.63) is 63.8 Å². The van der Waals surface area contributed by atoms with Crippen molar-refractivity contribution >= 4 is 23.0 Å². The molecule has 0 aromatic heterocycles. The summed E-state index contributed by atoms with van der Waals surface area (Å²) in [6.07, 6.45) is -0.593. The van der Waals surface area contributed by atoms with Gasteiger partial charge >= 0.3 is 0 Å². The van der Waals surface area contributed by atoms with E-state index in [9.17, 15) is 9.90 Å². The highest BCUT2D eigenvalue weighted by molar-refractivity contribution is 6.30. The molecule has 5 nitrogen and oxygen atoms in total. The maximum absolute atomic E-state index is 12.0. The van der Waals surface area contributed by atoms with Crippen molar-refractivity contribution < 1.29 is 9.84 Å². The van der Waals surface area contributed by atoms with Gasteiger partial charge in [0.1, 0.15) is 18.5 Å². The van der Waals surface area contributed by atoms with Crippen LogP contribution in [0.4, 0.5) is 11.4 Å². The predicted octanol–water partition coefficient (Wildman–Crippen LogP) is 3.57. The van der Waals surface area contributed by atoms with Crippen molar-refractivity contribution in [1.29, 1.82) is 0 Å². The molecule has 0 saturated carbocycles. The second-order valence-corrected chi connectivity index (χ2v) is 7.51. The molecule has 0 radical (unpaired) electrons. The molecule has 0 amide bonds. The Hall–Kier alpha value is -2.08. The van der Waals surface area contributed by atoms with E-state index in [1.165, 1.54) is 6.07 Å². The fraction of sp³-hybridized carbons (Fsp3) is 0.350. The molecule has 0 bridgehead atoms. The quantitative estimate of drug-likeness (QED) is 0.689. The lowest BCUT2D eigenvalue weighted by Crippen LogP contribution is -2.42. The Bertz CT molecular complexity index is 773. The van der Waals surface area contributed by atoms with E-state index in [-0.39, 0.29) is 17.6 Å². The standard InChI is InChI=1S/C20H25ClN2O3/c1-20(2,3)22-12-16(24)13-26-17-8-6-15(7-9-17)23-18-10-4-14(21)5-11-19(18)25/h4-11,16,22,24H,12-13H2,1-3H3,(H,23,25). The van der Waals surface area contributed by atoms with Gasteiger partial charge in [-0.15, -0.1) is 0 Å². The molecule has 0 aliphatic rings. The van der Waals surface area contributed by atoms with E-state index >= 15 is 0 Å². The maximum Gasteiger partial charge on any atom is 0.202 e. The highest BCUT2D eigenvalue weighted by Gasteiger charge is 2.12. The van der Waals surface area contributed by atoms with Gasteiger partial charge in [-0.05, 0) is 69.3 Å². The molecule has 0 saturated heterocycles. The molecular weight excluding hydrogens is 352 g/mol. The average molecular weight is 377 g/mol. The summed E-state index contributed by atoms with van der Waals surface area (Å²) < 4.78 is 5.60. The van der Waals surface area contributed by atoms with Crippen LogP contribution in [0.15, 0.2) is 53.3 Å². The van der Waals surface area contributed by atoms with Crippen LogP contribution in [0.1, 0.15) is 20.8 Å². The number of β-amino-alcohol motifs (C(OH)–C–C–N with tert-alkyl or cyclic N) is 1. The third kappa shape index (κ3) is 7.04. The highest BCUT2D eigenvalue weighted by Crippen LogP contribution is 2.19. The van der Waals surface area contributed by atoms with Crippen LogP contribution in [0.3, 0.4) is 0 Å². The number of hydrogen-bond acceptors (Lipinski definition) is 5. The number of hydrogen-bond donors (Lipinski definition) is 3. The molecule has 1 atom stereocenters. The lowest BCUT2D eigenvalue weighted by atomic mass is 10.1. The minimum Gasteiger partial charge on any atom is -0.491 e. The van der Waals surface area contributed by atoms with Crippen LogP contribution in [-0.2, 0) is 0 Å². The van der Waals surface area contributed by atoms with Gasteiger partial charge in [-0.25, -0.2) is 0 Å². The van der Waals surface area contributed by atoms with Gasteiger partial charge in [0.2, 0.25) is 5.43 Å². The lowest BCUT2D eigenvalue weighted by molar-refractivity contribution is 0.100. The Kier molecular flexibility index (Phi) is 7.03. The molecule has 140 valence electrons. The summed E-state index contributed by atoms with van der Waals surface area (Å²) in [5.41, 5.74) is 1.00. The first-order valence-corrected chi connectivity index (χ1v) is 8.83. The number of anilines is 2. The fourth-order valence-corrected chi connectivity index (χ4v) is 2.24. The Morgan fingerprint density at radius 1 is 1.08 bits per heavy atom. The van der Waals surface area contributed by atoms with E-state index in [1.54, 1.807) is 30.3 Å². The number of halogens is 1. The average Bonchev–Trinajstić information content (AvgIpc) is 2.74. The summed E-state index contributed by atoms with van der Waals surface area (Å²) in [5, 5.41) is 16.7. The highest BCUT2D eigenvalue weighted by atomic mass is 35.5. The fourth-order valence-electron chi connectivity index (χ4n) is 2.11. The summed E-state index contributed by atoms with van der Waals surface area (Å²) >= 11 is 5.89. The minimum atomic E-state index is -0.593. The van der Waals surface area contributed by atoms with Gasteiger partial charge in [-0.3, -0.25) is 4.79 Å². The van der Waals surface area contributed by atoms with Crippen LogP contribution in [0, 0.1) is 0 Å². The normalized spacial score (nSPS) is 12.5. The smallest absolute Gasteiger partial charge is 0.202 e. The van der Waals surface area contributed by atoms with Gasteiger partial charge in [0.05, 0.1) is 5.69 Å². The molecule has 0 spiro atoms. The van der Waals surface area contributed by atoms with Crippen molar-refractivity contribution in [2.75, 3.05) is 18.5 Å². The molecule has 0 aliphatic carbocycles. The Labute approximate surface area is 159 Å². The summed E-state index contributed by atoms with van der Waals surface area (Å²) in [7, 11) is 0. The Balaban J connectivity index is 1.91. The topological polar surface area (TPSA) is 70.6 Å².